The third kappa shape index (κ3) is 10.9. The molecule has 0 amide bonds. The molecular formula is C19H32O6. The Bertz CT molecular complexity index is 419. The standard InChI is InChI=1S/C19H32O6/c1-5-20-7-9-23-17-13-18(24-10-8-21-6-2)15-19(14-17)25-12-11-22-16(3)4/h13-16H,5-12H2,1-4H3. The van der Waals surface area contributed by atoms with Gasteiger partial charge in [-0.15, -0.1) is 0 Å². The summed E-state index contributed by atoms with van der Waals surface area (Å²) in [5.41, 5.74) is 0. The van der Waals surface area contributed by atoms with E-state index in [1.54, 1.807) is 0 Å². The normalized spacial score (nSPS) is 10.9. The highest BCUT2D eigenvalue weighted by Gasteiger charge is 2.06. The summed E-state index contributed by atoms with van der Waals surface area (Å²) >= 11 is 0. The molecule has 0 heterocycles. The maximum absolute atomic E-state index is 5.75. The smallest absolute Gasteiger partial charge is 0.126 e. The molecule has 1 aromatic carbocycles. The van der Waals surface area contributed by atoms with Crippen molar-refractivity contribution in [2.45, 2.75) is 33.8 Å². The van der Waals surface area contributed by atoms with Crippen LogP contribution in [0, 0.1) is 0 Å². The molecule has 1 aromatic rings. The van der Waals surface area contributed by atoms with Crippen molar-refractivity contribution < 1.29 is 28.4 Å². The first kappa shape index (κ1) is 21.5. The molecule has 0 spiro atoms. The van der Waals surface area contributed by atoms with Gasteiger partial charge in [0.2, 0.25) is 0 Å². The molecule has 0 saturated carbocycles. The fourth-order valence-electron chi connectivity index (χ4n) is 1.96. The Kier molecular flexibility index (Phi) is 11.9. The number of hydrogen-bond donors (Lipinski definition) is 0. The number of ether oxygens (including phenoxy) is 6. The van der Waals surface area contributed by atoms with Crippen LogP contribution in [-0.4, -0.2) is 59.0 Å². The highest BCUT2D eigenvalue weighted by molar-refractivity contribution is 5.42. The van der Waals surface area contributed by atoms with E-state index in [0.717, 1.165) is 0 Å². The van der Waals surface area contributed by atoms with E-state index in [1.165, 1.54) is 0 Å². The van der Waals surface area contributed by atoms with Crippen LogP contribution in [0.5, 0.6) is 17.2 Å². The average Bonchev–Trinajstić information content (AvgIpc) is 2.59. The third-order valence-corrected chi connectivity index (χ3v) is 3.06. The molecule has 0 saturated heterocycles. The fraction of sp³-hybridized carbons (Fsp3) is 0.684. The lowest BCUT2D eigenvalue weighted by Gasteiger charge is -2.14. The Morgan fingerprint density at radius 1 is 0.640 bits per heavy atom. The average molecular weight is 356 g/mol. The molecular weight excluding hydrogens is 324 g/mol. The van der Waals surface area contributed by atoms with Gasteiger partial charge < -0.3 is 28.4 Å². The zero-order chi connectivity index (χ0) is 18.3. The first-order chi connectivity index (χ1) is 12.2. The van der Waals surface area contributed by atoms with E-state index in [0.29, 0.717) is 70.1 Å². The fourth-order valence-corrected chi connectivity index (χ4v) is 1.96. The summed E-state index contributed by atoms with van der Waals surface area (Å²) in [5, 5.41) is 0. The predicted octanol–water partition coefficient (Wildman–Crippen LogP) is 3.32. The van der Waals surface area contributed by atoms with Crippen molar-refractivity contribution in [3.63, 3.8) is 0 Å². The van der Waals surface area contributed by atoms with Crippen LogP contribution in [0.2, 0.25) is 0 Å². The quantitative estimate of drug-likeness (QED) is 0.449. The Hall–Kier alpha value is -1.50. The van der Waals surface area contributed by atoms with Crippen LogP contribution in [0.25, 0.3) is 0 Å². The van der Waals surface area contributed by atoms with Crippen LogP contribution in [0.4, 0.5) is 0 Å². The van der Waals surface area contributed by atoms with Gasteiger partial charge in [-0.05, 0) is 27.7 Å². The topological polar surface area (TPSA) is 55.4 Å². The summed E-state index contributed by atoms with van der Waals surface area (Å²) < 4.78 is 33.2. The Morgan fingerprint density at radius 3 is 1.40 bits per heavy atom. The molecule has 144 valence electrons. The van der Waals surface area contributed by atoms with Gasteiger partial charge in [-0.1, -0.05) is 0 Å². The molecule has 6 nitrogen and oxygen atoms in total. The summed E-state index contributed by atoms with van der Waals surface area (Å²) in [7, 11) is 0. The molecule has 0 radical (unpaired) electrons. The second-order valence-electron chi connectivity index (χ2n) is 5.50. The molecule has 0 atom stereocenters. The first-order valence-electron chi connectivity index (χ1n) is 8.96. The number of benzene rings is 1. The highest BCUT2D eigenvalue weighted by atomic mass is 16.5. The van der Waals surface area contributed by atoms with Gasteiger partial charge in [0, 0.05) is 31.4 Å². The van der Waals surface area contributed by atoms with E-state index in [2.05, 4.69) is 0 Å². The zero-order valence-corrected chi connectivity index (χ0v) is 15.9. The van der Waals surface area contributed by atoms with Crippen LogP contribution in [0.3, 0.4) is 0 Å². The Balaban J connectivity index is 2.58. The second kappa shape index (κ2) is 13.8. The van der Waals surface area contributed by atoms with Crippen LogP contribution >= 0.6 is 0 Å². The molecule has 1 rings (SSSR count). The van der Waals surface area contributed by atoms with Crippen molar-refractivity contribution >= 4 is 0 Å². The first-order valence-corrected chi connectivity index (χ1v) is 8.96. The van der Waals surface area contributed by atoms with Crippen molar-refractivity contribution in [1.29, 1.82) is 0 Å². The number of hydrogen-bond acceptors (Lipinski definition) is 6. The summed E-state index contributed by atoms with van der Waals surface area (Å²) in [6.07, 6.45) is 0.189. The SMILES string of the molecule is CCOCCOc1cc(OCCOCC)cc(OCCOC(C)C)c1. The maximum atomic E-state index is 5.75. The van der Waals surface area contributed by atoms with Gasteiger partial charge in [0.25, 0.3) is 0 Å². The van der Waals surface area contributed by atoms with Gasteiger partial charge in [0.05, 0.1) is 25.9 Å². The van der Waals surface area contributed by atoms with Gasteiger partial charge in [-0.3, -0.25) is 0 Å². The van der Waals surface area contributed by atoms with E-state index < -0.39 is 0 Å². The van der Waals surface area contributed by atoms with Crippen LogP contribution in [-0.2, 0) is 14.2 Å². The lowest BCUT2D eigenvalue weighted by molar-refractivity contribution is 0.0550. The van der Waals surface area contributed by atoms with Crippen LogP contribution in [0.1, 0.15) is 27.7 Å². The van der Waals surface area contributed by atoms with Crippen molar-refractivity contribution in [2.24, 2.45) is 0 Å². The molecule has 0 fully saturated rings. The Morgan fingerprint density at radius 2 is 1.04 bits per heavy atom. The molecule has 0 bridgehead atoms. The zero-order valence-electron chi connectivity index (χ0n) is 15.9. The second-order valence-corrected chi connectivity index (χ2v) is 5.50. The molecule has 0 aliphatic rings. The summed E-state index contributed by atoms with van der Waals surface area (Å²) in [6, 6.07) is 5.53. The molecule has 0 unspecified atom stereocenters. The Labute approximate surface area is 151 Å². The van der Waals surface area contributed by atoms with E-state index in [-0.39, 0.29) is 6.10 Å². The molecule has 0 aliphatic carbocycles. The molecule has 6 heteroatoms. The van der Waals surface area contributed by atoms with Gasteiger partial charge in [0.1, 0.15) is 37.1 Å². The number of rotatable bonds is 15. The molecule has 0 N–H and O–H groups in total. The van der Waals surface area contributed by atoms with E-state index >= 15 is 0 Å². The minimum Gasteiger partial charge on any atom is -0.491 e. The van der Waals surface area contributed by atoms with Crippen molar-refractivity contribution in [3.05, 3.63) is 18.2 Å². The van der Waals surface area contributed by atoms with Crippen molar-refractivity contribution in [3.8, 4) is 17.2 Å². The van der Waals surface area contributed by atoms with E-state index in [9.17, 15) is 0 Å². The van der Waals surface area contributed by atoms with Crippen LogP contribution < -0.4 is 14.2 Å². The minimum atomic E-state index is 0.189. The minimum absolute atomic E-state index is 0.189. The summed E-state index contributed by atoms with van der Waals surface area (Å²) in [4.78, 5) is 0. The third-order valence-electron chi connectivity index (χ3n) is 3.06. The van der Waals surface area contributed by atoms with Crippen LogP contribution in [0.15, 0.2) is 18.2 Å². The van der Waals surface area contributed by atoms with E-state index in [1.807, 2.05) is 45.9 Å². The monoisotopic (exact) mass is 356 g/mol. The summed E-state index contributed by atoms with van der Waals surface area (Å²) in [6.45, 7) is 12.3. The lowest BCUT2D eigenvalue weighted by atomic mass is 10.3. The molecule has 0 aromatic heterocycles. The highest BCUT2D eigenvalue weighted by Crippen LogP contribution is 2.28. The van der Waals surface area contributed by atoms with Gasteiger partial charge >= 0.3 is 0 Å². The van der Waals surface area contributed by atoms with Gasteiger partial charge in [-0.25, -0.2) is 0 Å². The van der Waals surface area contributed by atoms with Crippen molar-refractivity contribution in [2.75, 3.05) is 52.9 Å². The van der Waals surface area contributed by atoms with Gasteiger partial charge in [0.15, 0.2) is 0 Å². The van der Waals surface area contributed by atoms with Gasteiger partial charge in [-0.2, -0.15) is 0 Å². The lowest BCUT2D eigenvalue weighted by Crippen LogP contribution is -2.12. The largest absolute Gasteiger partial charge is 0.491 e. The maximum Gasteiger partial charge on any atom is 0.126 e. The predicted molar refractivity (Wildman–Crippen MR) is 97.0 cm³/mol. The van der Waals surface area contributed by atoms with Crippen molar-refractivity contribution in [1.82, 2.24) is 0 Å². The summed E-state index contributed by atoms with van der Waals surface area (Å²) in [5.74, 6) is 2.06. The van der Waals surface area contributed by atoms with E-state index in [4.69, 9.17) is 28.4 Å². The molecule has 25 heavy (non-hydrogen) atoms. The molecule has 0 aliphatic heterocycles.